The van der Waals surface area contributed by atoms with Gasteiger partial charge in [-0.2, -0.15) is 0 Å². The van der Waals surface area contributed by atoms with Gasteiger partial charge in [0.05, 0.1) is 36.6 Å². The van der Waals surface area contributed by atoms with Crippen LogP contribution < -0.4 is 5.32 Å². The predicted molar refractivity (Wildman–Crippen MR) is 81.0 cm³/mol. The van der Waals surface area contributed by atoms with Crippen molar-refractivity contribution >= 4 is 39.1 Å². The highest BCUT2D eigenvalue weighted by atomic mass is 79.9. The van der Waals surface area contributed by atoms with Gasteiger partial charge in [-0.3, -0.25) is 9.69 Å². The van der Waals surface area contributed by atoms with Gasteiger partial charge >= 0.3 is 0 Å². The van der Waals surface area contributed by atoms with Gasteiger partial charge in [0, 0.05) is 17.6 Å². The first-order valence-corrected chi connectivity index (χ1v) is 7.45. The molecule has 1 unspecified atom stereocenters. The average Bonchev–Trinajstić information content (AvgIpc) is 2.42. The van der Waals surface area contributed by atoms with Crippen LogP contribution in [0.3, 0.4) is 0 Å². The quantitative estimate of drug-likeness (QED) is 0.855. The van der Waals surface area contributed by atoms with Crippen LogP contribution in [0.15, 0.2) is 22.7 Å². The summed E-state index contributed by atoms with van der Waals surface area (Å²) < 4.78 is 6.20. The lowest BCUT2D eigenvalue weighted by atomic mass is 10.2. The Morgan fingerprint density at radius 2 is 2.40 bits per heavy atom. The Labute approximate surface area is 131 Å². The van der Waals surface area contributed by atoms with Crippen molar-refractivity contribution in [3.05, 3.63) is 27.7 Å². The Bertz CT molecular complexity index is 487. The molecule has 20 heavy (non-hydrogen) atoms. The maximum absolute atomic E-state index is 12.0. The van der Waals surface area contributed by atoms with Gasteiger partial charge in [0.1, 0.15) is 0 Å². The number of halogens is 2. The van der Waals surface area contributed by atoms with E-state index in [-0.39, 0.29) is 25.2 Å². The number of aliphatic hydroxyl groups is 1. The third-order valence-corrected chi connectivity index (χ3v) is 3.80. The van der Waals surface area contributed by atoms with Crippen molar-refractivity contribution in [1.82, 2.24) is 4.90 Å². The molecule has 1 aliphatic heterocycles. The van der Waals surface area contributed by atoms with Crippen molar-refractivity contribution in [1.29, 1.82) is 0 Å². The number of amides is 1. The van der Waals surface area contributed by atoms with E-state index in [9.17, 15) is 4.79 Å². The van der Waals surface area contributed by atoms with Gasteiger partial charge in [0.2, 0.25) is 5.91 Å². The van der Waals surface area contributed by atoms with E-state index in [0.717, 1.165) is 4.47 Å². The zero-order valence-corrected chi connectivity index (χ0v) is 13.2. The molecule has 2 N–H and O–H groups in total. The highest BCUT2D eigenvalue weighted by Gasteiger charge is 2.21. The zero-order valence-electron chi connectivity index (χ0n) is 10.8. The number of rotatable bonds is 4. The zero-order chi connectivity index (χ0) is 14.5. The van der Waals surface area contributed by atoms with Crippen molar-refractivity contribution in [3.8, 4) is 0 Å². The molecule has 0 aromatic heterocycles. The van der Waals surface area contributed by atoms with Crippen LogP contribution in [-0.2, 0) is 9.53 Å². The molecule has 110 valence electrons. The highest BCUT2D eigenvalue weighted by Crippen LogP contribution is 2.25. The van der Waals surface area contributed by atoms with Crippen LogP contribution in [0.25, 0.3) is 0 Å². The lowest BCUT2D eigenvalue weighted by Gasteiger charge is -2.31. The van der Waals surface area contributed by atoms with E-state index < -0.39 is 0 Å². The minimum atomic E-state index is -0.215. The van der Waals surface area contributed by atoms with Crippen LogP contribution >= 0.6 is 27.5 Å². The van der Waals surface area contributed by atoms with E-state index >= 15 is 0 Å². The molecule has 1 heterocycles. The summed E-state index contributed by atoms with van der Waals surface area (Å²) in [4.78, 5) is 13.9. The first-order chi connectivity index (χ1) is 9.58. The summed E-state index contributed by atoms with van der Waals surface area (Å²) in [5, 5.41) is 12.3. The van der Waals surface area contributed by atoms with Crippen LogP contribution in [0.1, 0.15) is 0 Å². The second-order valence-electron chi connectivity index (χ2n) is 4.58. The minimum absolute atomic E-state index is 0.0311. The number of morpholine rings is 1. The summed E-state index contributed by atoms with van der Waals surface area (Å²) in [5.74, 6) is -0.132. The topological polar surface area (TPSA) is 61.8 Å². The van der Waals surface area contributed by atoms with Gasteiger partial charge in [-0.15, -0.1) is 0 Å². The van der Waals surface area contributed by atoms with Gasteiger partial charge in [0.15, 0.2) is 0 Å². The predicted octanol–water partition coefficient (Wildman–Crippen LogP) is 1.73. The first-order valence-electron chi connectivity index (χ1n) is 6.28. The van der Waals surface area contributed by atoms with Crippen LogP contribution in [-0.4, -0.2) is 54.9 Å². The molecular formula is C13H16BrClN2O3. The normalized spacial score (nSPS) is 19.9. The smallest absolute Gasteiger partial charge is 0.238 e. The maximum atomic E-state index is 12.0. The third kappa shape index (κ3) is 4.43. The summed E-state index contributed by atoms with van der Waals surface area (Å²) in [7, 11) is 0. The lowest BCUT2D eigenvalue weighted by molar-refractivity contribution is -0.120. The molecule has 1 saturated heterocycles. The Balaban J connectivity index is 1.88. The first kappa shape index (κ1) is 15.7. The number of hydrogen-bond acceptors (Lipinski definition) is 4. The second-order valence-corrected chi connectivity index (χ2v) is 5.91. The number of carbonyl (C=O) groups is 1. The van der Waals surface area contributed by atoms with E-state index in [1.165, 1.54) is 0 Å². The fourth-order valence-corrected chi connectivity index (χ4v) is 2.74. The van der Waals surface area contributed by atoms with E-state index in [2.05, 4.69) is 21.2 Å². The number of anilines is 1. The monoisotopic (exact) mass is 362 g/mol. The number of nitrogens with zero attached hydrogens (tertiary/aromatic N) is 1. The maximum Gasteiger partial charge on any atom is 0.238 e. The van der Waals surface area contributed by atoms with Gasteiger partial charge in [-0.25, -0.2) is 0 Å². The Morgan fingerprint density at radius 3 is 3.10 bits per heavy atom. The van der Waals surface area contributed by atoms with Crippen molar-refractivity contribution in [2.75, 3.05) is 38.2 Å². The summed E-state index contributed by atoms with van der Waals surface area (Å²) in [6.45, 7) is 1.98. The third-order valence-electron chi connectivity index (χ3n) is 3.00. The summed E-state index contributed by atoms with van der Waals surface area (Å²) in [5.41, 5.74) is 0.590. The van der Waals surface area contributed by atoms with Gasteiger partial charge < -0.3 is 15.2 Å². The number of aliphatic hydroxyl groups excluding tert-OH is 1. The minimum Gasteiger partial charge on any atom is -0.394 e. The molecule has 1 fully saturated rings. The number of hydrogen-bond donors (Lipinski definition) is 2. The summed E-state index contributed by atoms with van der Waals surface area (Å²) >= 11 is 9.36. The van der Waals surface area contributed by atoms with Crippen molar-refractivity contribution < 1.29 is 14.6 Å². The molecule has 0 bridgehead atoms. The molecule has 0 radical (unpaired) electrons. The van der Waals surface area contributed by atoms with Gasteiger partial charge in [-0.1, -0.05) is 27.5 Å². The van der Waals surface area contributed by atoms with Crippen LogP contribution in [0.4, 0.5) is 5.69 Å². The number of ether oxygens (including phenoxy) is 1. The summed E-state index contributed by atoms with van der Waals surface area (Å²) in [6.07, 6.45) is -0.215. The highest BCUT2D eigenvalue weighted by molar-refractivity contribution is 9.10. The van der Waals surface area contributed by atoms with Gasteiger partial charge in [0.25, 0.3) is 0 Å². The molecule has 1 atom stereocenters. The molecule has 1 amide bonds. The molecule has 5 nitrogen and oxygen atoms in total. The molecule has 0 spiro atoms. The average molecular weight is 364 g/mol. The second kappa shape index (κ2) is 7.38. The van der Waals surface area contributed by atoms with Crippen molar-refractivity contribution in [2.45, 2.75) is 6.10 Å². The SMILES string of the molecule is O=C(CN1CCOC(CO)C1)Nc1ccc(Br)cc1Cl. The van der Waals surface area contributed by atoms with E-state index in [1.807, 2.05) is 11.0 Å². The molecule has 0 aliphatic carbocycles. The molecule has 1 aromatic carbocycles. The van der Waals surface area contributed by atoms with Crippen LogP contribution in [0, 0.1) is 0 Å². The molecule has 0 saturated carbocycles. The lowest BCUT2D eigenvalue weighted by Crippen LogP contribution is -2.46. The number of nitrogens with one attached hydrogen (secondary N) is 1. The van der Waals surface area contributed by atoms with Crippen LogP contribution in [0.5, 0.6) is 0 Å². The van der Waals surface area contributed by atoms with Crippen molar-refractivity contribution in [2.24, 2.45) is 0 Å². The molecule has 7 heteroatoms. The molecule has 1 aromatic rings. The van der Waals surface area contributed by atoms with Gasteiger partial charge in [-0.05, 0) is 18.2 Å². The van der Waals surface area contributed by atoms with E-state index in [0.29, 0.717) is 30.4 Å². The van der Waals surface area contributed by atoms with Crippen molar-refractivity contribution in [3.63, 3.8) is 0 Å². The van der Waals surface area contributed by atoms with E-state index in [4.69, 9.17) is 21.4 Å². The van der Waals surface area contributed by atoms with Crippen LogP contribution in [0.2, 0.25) is 5.02 Å². The number of carbonyl (C=O) groups excluding carboxylic acids is 1. The number of benzene rings is 1. The Morgan fingerprint density at radius 1 is 1.60 bits per heavy atom. The standard InChI is InChI=1S/C13H16BrClN2O3/c14-9-1-2-12(11(15)5-9)16-13(19)7-17-3-4-20-10(6-17)8-18/h1-2,5,10,18H,3-4,6-8H2,(H,16,19). The Hall–Kier alpha value is -0.660. The fourth-order valence-electron chi connectivity index (χ4n) is 2.02. The summed E-state index contributed by atoms with van der Waals surface area (Å²) in [6, 6.07) is 5.30. The fraction of sp³-hybridized carbons (Fsp3) is 0.462. The largest absolute Gasteiger partial charge is 0.394 e. The molecular weight excluding hydrogens is 348 g/mol. The van der Waals surface area contributed by atoms with E-state index in [1.54, 1.807) is 12.1 Å². The molecule has 1 aliphatic rings. The Kier molecular flexibility index (Phi) is 5.80. The molecule has 2 rings (SSSR count).